The van der Waals surface area contributed by atoms with E-state index in [1.165, 1.54) is 44.9 Å². The Labute approximate surface area is 218 Å². The fourth-order valence-corrected chi connectivity index (χ4v) is 6.19. The summed E-state index contributed by atoms with van der Waals surface area (Å²) in [6.07, 6.45) is 0.707. The SMILES string of the molecule is CSC(=S)OC(C(=O)NC1C(=O)N2C(C(=O)O)=C(CSc3nnnn3C)CSC12)c1ccccc1. The van der Waals surface area contributed by atoms with Crippen LogP contribution in [0.25, 0.3) is 0 Å². The summed E-state index contributed by atoms with van der Waals surface area (Å²) in [5.74, 6) is -1.52. The van der Waals surface area contributed by atoms with Crippen LogP contribution in [0.2, 0.25) is 0 Å². The minimum Gasteiger partial charge on any atom is -0.477 e. The lowest BCUT2D eigenvalue weighted by atomic mass is 10.0. The number of thiocarbonyl (C=S) groups is 1. The second-order valence-electron chi connectivity index (χ2n) is 7.39. The topological polar surface area (TPSA) is 140 Å². The molecule has 184 valence electrons. The summed E-state index contributed by atoms with van der Waals surface area (Å²) < 4.78 is 7.35. The Bertz CT molecular complexity index is 1190. The molecule has 4 rings (SSSR count). The molecule has 2 aromatic rings. The zero-order chi connectivity index (χ0) is 25.1. The maximum atomic E-state index is 13.1. The Hall–Kier alpha value is -2.62. The van der Waals surface area contributed by atoms with E-state index in [1.807, 2.05) is 6.07 Å². The van der Waals surface area contributed by atoms with Crippen LogP contribution >= 0.6 is 47.5 Å². The number of carboxylic acid groups (broad SMARTS) is 1. The summed E-state index contributed by atoms with van der Waals surface area (Å²) >= 11 is 9.00. The monoisotopic (exact) mass is 552 g/mol. The highest BCUT2D eigenvalue weighted by Gasteiger charge is 2.54. The van der Waals surface area contributed by atoms with Crippen molar-refractivity contribution in [2.75, 3.05) is 17.8 Å². The van der Waals surface area contributed by atoms with Gasteiger partial charge in [0.25, 0.3) is 11.8 Å². The molecule has 1 fully saturated rings. The number of tetrazole rings is 1. The predicted octanol–water partition coefficient (Wildman–Crippen LogP) is 1.45. The van der Waals surface area contributed by atoms with Gasteiger partial charge in [0.05, 0.1) is 0 Å². The van der Waals surface area contributed by atoms with E-state index in [9.17, 15) is 19.5 Å². The largest absolute Gasteiger partial charge is 0.477 e. The Kier molecular flexibility index (Phi) is 7.98. The highest BCUT2D eigenvalue weighted by atomic mass is 32.2. The molecule has 2 amide bonds. The molecule has 3 heterocycles. The summed E-state index contributed by atoms with van der Waals surface area (Å²) in [4.78, 5) is 39.4. The van der Waals surface area contributed by atoms with Gasteiger partial charge in [-0.3, -0.25) is 14.5 Å². The van der Waals surface area contributed by atoms with E-state index in [-0.39, 0.29) is 10.1 Å². The van der Waals surface area contributed by atoms with Crippen molar-refractivity contribution >= 4 is 69.7 Å². The molecule has 2 aliphatic rings. The van der Waals surface area contributed by atoms with Gasteiger partial charge in [0.15, 0.2) is 0 Å². The van der Waals surface area contributed by atoms with Gasteiger partial charge in [-0.05, 0) is 34.5 Å². The van der Waals surface area contributed by atoms with E-state index in [2.05, 4.69) is 20.8 Å². The molecule has 3 unspecified atom stereocenters. The van der Waals surface area contributed by atoms with E-state index in [0.29, 0.717) is 27.8 Å². The van der Waals surface area contributed by atoms with Crippen molar-refractivity contribution in [3.63, 3.8) is 0 Å². The van der Waals surface area contributed by atoms with E-state index in [0.717, 1.165) is 0 Å². The number of amides is 2. The number of thioether (sulfide) groups is 3. The first-order valence-electron chi connectivity index (χ1n) is 10.2. The van der Waals surface area contributed by atoms with Crippen LogP contribution in [0.5, 0.6) is 0 Å². The molecule has 2 aliphatic heterocycles. The standard InChI is InChI=1S/C20H20N6O5S4/c1-25-19(22-23-24-25)35-9-11-8-34-17-12(16(28)26(17)13(11)18(29)30)21-15(27)14(31-20(32)33-2)10-6-4-3-5-7-10/h3-7,12,14,17H,8-9H2,1-2H3,(H,21,27)(H,29,30). The molecule has 1 aromatic carbocycles. The van der Waals surface area contributed by atoms with Gasteiger partial charge in [0.2, 0.25) is 15.6 Å². The van der Waals surface area contributed by atoms with Crippen LogP contribution in [0.3, 0.4) is 0 Å². The number of hydrogen-bond donors (Lipinski definition) is 2. The number of nitrogens with one attached hydrogen (secondary N) is 1. The van der Waals surface area contributed by atoms with Crippen LogP contribution in [0.15, 0.2) is 46.8 Å². The third kappa shape index (κ3) is 5.32. The van der Waals surface area contributed by atoms with Crippen molar-refractivity contribution < 1.29 is 24.2 Å². The van der Waals surface area contributed by atoms with Crippen LogP contribution in [-0.4, -0.2) is 81.6 Å². The summed E-state index contributed by atoms with van der Waals surface area (Å²) in [5.41, 5.74) is 1.11. The zero-order valence-electron chi connectivity index (χ0n) is 18.5. The number of aryl methyl sites for hydroxylation is 1. The van der Waals surface area contributed by atoms with Crippen LogP contribution in [0.1, 0.15) is 11.7 Å². The van der Waals surface area contributed by atoms with Gasteiger partial charge in [-0.25, -0.2) is 9.48 Å². The van der Waals surface area contributed by atoms with Gasteiger partial charge < -0.3 is 15.2 Å². The lowest BCUT2D eigenvalue weighted by Crippen LogP contribution is -2.71. The number of aromatic nitrogens is 4. The van der Waals surface area contributed by atoms with Crippen molar-refractivity contribution in [2.45, 2.75) is 22.7 Å². The van der Waals surface area contributed by atoms with Crippen LogP contribution in [0.4, 0.5) is 0 Å². The molecule has 0 saturated carbocycles. The average molecular weight is 553 g/mol. The van der Waals surface area contributed by atoms with Gasteiger partial charge in [0.1, 0.15) is 17.1 Å². The van der Waals surface area contributed by atoms with Crippen molar-refractivity contribution in [3.8, 4) is 0 Å². The molecule has 11 nitrogen and oxygen atoms in total. The van der Waals surface area contributed by atoms with Crippen LogP contribution in [0, 0.1) is 0 Å². The van der Waals surface area contributed by atoms with Crippen molar-refractivity contribution in [1.82, 2.24) is 30.4 Å². The first kappa shape index (κ1) is 25.5. The molecular formula is C20H20N6O5S4. The van der Waals surface area contributed by atoms with E-state index in [1.54, 1.807) is 37.6 Å². The fourth-order valence-electron chi connectivity index (χ4n) is 3.56. The number of nitrogens with zero attached hydrogens (tertiary/aromatic N) is 5. The van der Waals surface area contributed by atoms with E-state index >= 15 is 0 Å². The summed E-state index contributed by atoms with van der Waals surface area (Å²) in [6, 6.07) is 7.95. The van der Waals surface area contributed by atoms with Crippen molar-refractivity contribution in [3.05, 3.63) is 47.2 Å². The van der Waals surface area contributed by atoms with Crippen LogP contribution < -0.4 is 5.32 Å². The van der Waals surface area contributed by atoms with E-state index in [4.69, 9.17) is 17.0 Å². The first-order chi connectivity index (χ1) is 16.8. The molecule has 0 aliphatic carbocycles. The normalized spacial score (nSPS) is 20.1. The second-order valence-corrected chi connectivity index (χ2v) is 10.8. The van der Waals surface area contributed by atoms with E-state index < -0.39 is 35.3 Å². The van der Waals surface area contributed by atoms with Gasteiger partial charge in [-0.15, -0.1) is 16.9 Å². The molecule has 0 bridgehead atoms. The Morgan fingerprint density at radius 2 is 2.11 bits per heavy atom. The number of rotatable bonds is 8. The smallest absolute Gasteiger partial charge is 0.352 e. The Balaban J connectivity index is 1.49. The predicted molar refractivity (Wildman–Crippen MR) is 136 cm³/mol. The number of benzene rings is 1. The van der Waals surface area contributed by atoms with Crippen molar-refractivity contribution in [1.29, 1.82) is 0 Å². The first-order valence-corrected chi connectivity index (χ1v) is 13.8. The lowest BCUT2D eigenvalue weighted by molar-refractivity contribution is -0.151. The molecule has 15 heteroatoms. The summed E-state index contributed by atoms with van der Waals surface area (Å²) in [6.45, 7) is 0. The third-order valence-electron chi connectivity index (χ3n) is 5.23. The number of carboxylic acids is 1. The number of carbonyl (C=O) groups is 3. The lowest BCUT2D eigenvalue weighted by Gasteiger charge is -2.49. The zero-order valence-corrected chi connectivity index (χ0v) is 21.7. The maximum Gasteiger partial charge on any atom is 0.352 e. The Morgan fingerprint density at radius 3 is 2.74 bits per heavy atom. The fraction of sp³-hybridized carbons (Fsp3) is 0.350. The Morgan fingerprint density at radius 1 is 1.37 bits per heavy atom. The molecule has 1 saturated heterocycles. The van der Waals surface area contributed by atoms with Gasteiger partial charge in [0, 0.05) is 24.1 Å². The highest BCUT2D eigenvalue weighted by molar-refractivity contribution is 8.22. The number of hydrogen-bond acceptors (Lipinski definition) is 11. The highest BCUT2D eigenvalue weighted by Crippen LogP contribution is 2.41. The van der Waals surface area contributed by atoms with Gasteiger partial charge >= 0.3 is 5.97 Å². The summed E-state index contributed by atoms with van der Waals surface area (Å²) in [7, 11) is 1.69. The number of carbonyl (C=O) groups excluding carboxylic acids is 2. The molecule has 3 atom stereocenters. The number of β-lactam (4-membered cyclic amide) rings is 1. The van der Waals surface area contributed by atoms with Crippen molar-refractivity contribution in [2.24, 2.45) is 7.05 Å². The molecule has 35 heavy (non-hydrogen) atoms. The third-order valence-corrected chi connectivity index (χ3v) is 8.69. The minimum atomic E-state index is -1.20. The number of ether oxygens (including phenoxy) is 1. The van der Waals surface area contributed by atoms with Crippen LogP contribution in [-0.2, 0) is 26.2 Å². The summed E-state index contributed by atoms with van der Waals surface area (Å²) in [5, 5.41) is 23.8. The molecule has 2 N–H and O–H groups in total. The van der Waals surface area contributed by atoms with Gasteiger partial charge in [-0.2, -0.15) is 0 Å². The average Bonchev–Trinajstić information content (AvgIpc) is 3.28. The van der Waals surface area contributed by atoms with Gasteiger partial charge in [-0.1, -0.05) is 53.9 Å². The molecular weight excluding hydrogens is 533 g/mol. The minimum absolute atomic E-state index is 0.0636. The molecule has 0 spiro atoms. The maximum absolute atomic E-state index is 13.1. The molecule has 1 aromatic heterocycles. The quantitative estimate of drug-likeness (QED) is 0.278. The number of fused-ring (bicyclic) bond motifs is 1. The molecule has 0 radical (unpaired) electrons. The number of aliphatic carboxylic acids is 1. The second kappa shape index (κ2) is 11.0.